The van der Waals surface area contributed by atoms with Crippen molar-refractivity contribution in [3.05, 3.63) is 91.4 Å². The number of amides is 1. The predicted molar refractivity (Wildman–Crippen MR) is 109 cm³/mol. The van der Waals surface area contributed by atoms with Crippen LogP contribution in [0.15, 0.2) is 51.7 Å². The van der Waals surface area contributed by atoms with Gasteiger partial charge < -0.3 is 20.0 Å². The molecule has 162 valence electrons. The third kappa shape index (κ3) is 5.66. The molecule has 1 aromatic heterocycles. The van der Waals surface area contributed by atoms with Crippen LogP contribution in [0.2, 0.25) is 0 Å². The lowest BCUT2D eigenvalue weighted by molar-refractivity contribution is -0.251. The van der Waals surface area contributed by atoms with Gasteiger partial charge in [-0.1, -0.05) is 24.3 Å². The van der Waals surface area contributed by atoms with Gasteiger partial charge in [0.1, 0.15) is 34.6 Å². The molecule has 3 rings (SSSR count). The first-order valence-corrected chi connectivity index (χ1v) is 9.90. The largest absolute Gasteiger partial charge is 0.530 e. The van der Waals surface area contributed by atoms with Gasteiger partial charge in [0.25, 0.3) is 5.56 Å². The van der Waals surface area contributed by atoms with Crippen LogP contribution in [0.25, 0.3) is 0 Å². The summed E-state index contributed by atoms with van der Waals surface area (Å²) in [5, 5.41) is 12.7. The second-order valence-electron chi connectivity index (χ2n) is 6.65. The smallest absolute Gasteiger partial charge is 0.272 e. The Morgan fingerprint density at radius 3 is 2.68 bits per heavy atom. The molecule has 0 spiro atoms. The molecule has 0 atom stereocenters. The van der Waals surface area contributed by atoms with E-state index in [0.717, 1.165) is 17.7 Å². The number of hydrogen-bond donors (Lipinski definition) is 1. The number of carbonyl (C=O) groups is 1. The number of aryl methyl sites for hydroxylation is 1. The summed E-state index contributed by atoms with van der Waals surface area (Å²) in [6, 6.07) is 10.2. The third-order valence-electron chi connectivity index (χ3n) is 4.42. The standard InChI is InChI=1S/C21H18BrF2N3O4/c1-12-26-19(31-11-15-5-6-16(23)8-17(15)24)18(22)20(28)27(12)10-14-4-2-3-13(7-14)9-25-21(29)30/h2-8,25H,9-11H2,1H3,(H,29,30)/p-1. The normalized spacial score (nSPS) is 10.7. The minimum absolute atomic E-state index is 0.00520. The van der Waals surface area contributed by atoms with Crippen molar-refractivity contribution in [3.63, 3.8) is 0 Å². The number of benzene rings is 2. The van der Waals surface area contributed by atoms with Crippen LogP contribution < -0.4 is 20.7 Å². The van der Waals surface area contributed by atoms with Gasteiger partial charge >= 0.3 is 0 Å². The zero-order valence-corrected chi connectivity index (χ0v) is 17.9. The van der Waals surface area contributed by atoms with E-state index in [0.29, 0.717) is 11.4 Å². The van der Waals surface area contributed by atoms with Crippen LogP contribution in [0.5, 0.6) is 5.88 Å². The average molecular weight is 493 g/mol. The van der Waals surface area contributed by atoms with E-state index in [1.54, 1.807) is 31.2 Å². The SMILES string of the molecule is Cc1nc(OCc2ccc(F)cc2F)c(Br)c(=O)n1Cc1cccc(CNC(=O)[O-])c1. The molecule has 1 amide bonds. The molecular weight excluding hydrogens is 476 g/mol. The summed E-state index contributed by atoms with van der Waals surface area (Å²) in [5.74, 6) is -1.09. The monoisotopic (exact) mass is 492 g/mol. The van der Waals surface area contributed by atoms with Crippen LogP contribution in [0.1, 0.15) is 22.5 Å². The highest BCUT2D eigenvalue weighted by Gasteiger charge is 2.15. The van der Waals surface area contributed by atoms with Crippen molar-refractivity contribution < 1.29 is 23.4 Å². The topological polar surface area (TPSA) is 96.3 Å². The molecule has 2 aromatic carbocycles. The maximum absolute atomic E-state index is 13.8. The van der Waals surface area contributed by atoms with Gasteiger partial charge in [-0.05, 0) is 46.1 Å². The highest BCUT2D eigenvalue weighted by atomic mass is 79.9. The Morgan fingerprint density at radius 2 is 1.97 bits per heavy atom. The lowest BCUT2D eigenvalue weighted by Crippen LogP contribution is -2.35. The molecule has 10 heteroatoms. The Morgan fingerprint density at radius 1 is 1.23 bits per heavy atom. The molecule has 31 heavy (non-hydrogen) atoms. The van der Waals surface area contributed by atoms with Crippen molar-refractivity contribution in [2.75, 3.05) is 0 Å². The molecule has 0 radical (unpaired) electrons. The molecule has 0 saturated heterocycles. The first-order valence-electron chi connectivity index (χ1n) is 9.11. The van der Waals surface area contributed by atoms with Crippen LogP contribution in [0, 0.1) is 18.6 Å². The molecule has 0 fully saturated rings. The highest BCUT2D eigenvalue weighted by Crippen LogP contribution is 2.21. The van der Waals surface area contributed by atoms with Gasteiger partial charge in [-0.3, -0.25) is 9.36 Å². The second-order valence-corrected chi connectivity index (χ2v) is 7.45. The molecule has 1 N–H and O–H groups in total. The number of halogens is 3. The number of nitrogens with zero attached hydrogens (tertiary/aromatic N) is 2. The number of carbonyl (C=O) groups excluding carboxylic acids is 1. The van der Waals surface area contributed by atoms with E-state index in [1.165, 1.54) is 10.6 Å². The number of nitrogens with one attached hydrogen (secondary N) is 1. The lowest BCUT2D eigenvalue weighted by atomic mass is 10.1. The Hall–Kier alpha value is -3.27. The van der Waals surface area contributed by atoms with Crippen molar-refractivity contribution in [1.82, 2.24) is 14.9 Å². The van der Waals surface area contributed by atoms with Crippen molar-refractivity contribution >= 4 is 22.0 Å². The van der Waals surface area contributed by atoms with Gasteiger partial charge in [0.15, 0.2) is 0 Å². The molecule has 0 aliphatic heterocycles. The van der Waals surface area contributed by atoms with Crippen LogP contribution in [-0.4, -0.2) is 15.6 Å². The summed E-state index contributed by atoms with van der Waals surface area (Å²) in [5.41, 5.74) is 1.19. The number of hydrogen-bond acceptors (Lipinski definition) is 5. The minimum Gasteiger partial charge on any atom is -0.530 e. The van der Waals surface area contributed by atoms with Crippen molar-refractivity contribution in [2.24, 2.45) is 0 Å². The fraction of sp³-hybridized carbons (Fsp3) is 0.190. The van der Waals surface area contributed by atoms with E-state index in [1.807, 2.05) is 0 Å². The fourth-order valence-electron chi connectivity index (χ4n) is 2.87. The van der Waals surface area contributed by atoms with Gasteiger partial charge in [0, 0.05) is 18.2 Å². The lowest BCUT2D eigenvalue weighted by Gasteiger charge is -2.14. The average Bonchev–Trinajstić information content (AvgIpc) is 2.72. The second kappa shape index (κ2) is 9.69. The van der Waals surface area contributed by atoms with Crippen molar-refractivity contribution in [1.29, 1.82) is 0 Å². The molecule has 7 nitrogen and oxygen atoms in total. The van der Waals surface area contributed by atoms with Gasteiger partial charge in [-0.25, -0.2) is 8.78 Å². The fourth-order valence-corrected chi connectivity index (χ4v) is 3.29. The van der Waals surface area contributed by atoms with Gasteiger partial charge in [-0.2, -0.15) is 4.98 Å². The zero-order valence-electron chi connectivity index (χ0n) is 16.3. The minimum atomic E-state index is -1.37. The molecule has 0 saturated carbocycles. The first-order chi connectivity index (χ1) is 14.7. The van der Waals surface area contributed by atoms with E-state index < -0.39 is 23.3 Å². The summed E-state index contributed by atoms with van der Waals surface area (Å²) in [7, 11) is 0. The van der Waals surface area contributed by atoms with Crippen molar-refractivity contribution in [3.8, 4) is 5.88 Å². The highest BCUT2D eigenvalue weighted by molar-refractivity contribution is 9.10. The zero-order chi connectivity index (χ0) is 22.5. The van der Waals surface area contributed by atoms with E-state index in [-0.39, 0.29) is 35.6 Å². The van der Waals surface area contributed by atoms with E-state index in [9.17, 15) is 23.5 Å². The van der Waals surface area contributed by atoms with Crippen molar-refractivity contribution in [2.45, 2.75) is 26.6 Å². The quantitative estimate of drug-likeness (QED) is 0.546. The molecule has 0 aliphatic carbocycles. The molecule has 3 aromatic rings. The Labute approximate surface area is 184 Å². The summed E-state index contributed by atoms with van der Waals surface area (Å²) < 4.78 is 33.8. The van der Waals surface area contributed by atoms with Gasteiger partial charge in [0.2, 0.25) is 5.88 Å². The Balaban J connectivity index is 1.79. The van der Waals surface area contributed by atoms with Gasteiger partial charge in [-0.15, -0.1) is 0 Å². The van der Waals surface area contributed by atoms with E-state index in [4.69, 9.17) is 4.74 Å². The number of aromatic nitrogens is 2. The number of carboxylic acid groups (broad SMARTS) is 1. The molecular formula is C21H17BrF2N3O4-. The summed E-state index contributed by atoms with van der Waals surface area (Å²) in [6.45, 7) is 1.68. The van der Waals surface area contributed by atoms with Crippen LogP contribution in [-0.2, 0) is 19.7 Å². The number of rotatable bonds is 7. The van der Waals surface area contributed by atoms with Crippen LogP contribution in [0.4, 0.5) is 13.6 Å². The van der Waals surface area contributed by atoms with Crippen LogP contribution >= 0.6 is 15.9 Å². The summed E-state index contributed by atoms with van der Waals surface area (Å²) >= 11 is 3.18. The summed E-state index contributed by atoms with van der Waals surface area (Å²) in [6.07, 6.45) is -1.37. The first kappa shape index (κ1) is 22.4. The van der Waals surface area contributed by atoms with Crippen LogP contribution in [0.3, 0.4) is 0 Å². The molecule has 1 heterocycles. The maximum Gasteiger partial charge on any atom is 0.272 e. The predicted octanol–water partition coefficient (Wildman–Crippen LogP) is 2.65. The number of ether oxygens (including phenoxy) is 1. The van der Waals surface area contributed by atoms with E-state index in [2.05, 4.69) is 26.2 Å². The Bertz CT molecular complexity index is 1180. The maximum atomic E-state index is 13.8. The van der Waals surface area contributed by atoms with Gasteiger partial charge in [0.05, 0.1) is 6.54 Å². The molecule has 0 unspecified atom stereocenters. The molecule has 0 bridgehead atoms. The molecule has 0 aliphatic rings. The van der Waals surface area contributed by atoms with E-state index >= 15 is 0 Å². The Kier molecular flexibility index (Phi) is 7.01. The third-order valence-corrected chi connectivity index (χ3v) is 5.10. The summed E-state index contributed by atoms with van der Waals surface area (Å²) in [4.78, 5) is 27.6.